The van der Waals surface area contributed by atoms with Crippen LogP contribution in [0.15, 0.2) is 0 Å². The predicted molar refractivity (Wildman–Crippen MR) is 95.2 cm³/mol. The molecule has 22 heavy (non-hydrogen) atoms. The molecule has 0 fully saturated rings. The van der Waals surface area contributed by atoms with Gasteiger partial charge in [-0.25, -0.2) is 0 Å². The van der Waals surface area contributed by atoms with Crippen molar-refractivity contribution in [2.45, 2.75) is 96.6 Å². The van der Waals surface area contributed by atoms with Crippen molar-refractivity contribution in [3.05, 3.63) is 0 Å². The molecule has 0 aliphatic heterocycles. The van der Waals surface area contributed by atoms with Crippen LogP contribution in [-0.4, -0.2) is 42.1 Å². The van der Waals surface area contributed by atoms with Crippen molar-refractivity contribution in [2.24, 2.45) is 0 Å². The van der Waals surface area contributed by atoms with Gasteiger partial charge < -0.3 is 15.2 Å². The number of carbonyl (C=O) groups is 1. The Bertz CT molecular complexity index is 341. The normalized spacial score (nSPS) is 15.5. The van der Waals surface area contributed by atoms with Gasteiger partial charge in [-0.1, -0.05) is 19.8 Å². The highest BCUT2D eigenvalue weighted by molar-refractivity contribution is 6.14. The predicted octanol–water partition coefficient (Wildman–Crippen LogP) is 2.94. The van der Waals surface area contributed by atoms with E-state index in [9.17, 15) is 4.79 Å². The van der Waals surface area contributed by atoms with Gasteiger partial charge in [0.25, 0.3) is 0 Å². The maximum absolute atomic E-state index is 10.7. The van der Waals surface area contributed by atoms with E-state index >= 15 is 0 Å². The van der Waals surface area contributed by atoms with E-state index in [1.807, 2.05) is 14.8 Å². The minimum Gasteiger partial charge on any atom is -0.481 e. The molecule has 4 nitrogen and oxygen atoms in total. The Morgan fingerprint density at radius 2 is 1.64 bits per heavy atom. The summed E-state index contributed by atoms with van der Waals surface area (Å²) in [7, 11) is 1.96. The third kappa shape index (κ3) is 11.1. The zero-order chi connectivity index (χ0) is 17.4. The lowest BCUT2D eigenvalue weighted by molar-refractivity contribution is -0.138. The highest BCUT2D eigenvalue weighted by Gasteiger charge is 2.28. The van der Waals surface area contributed by atoms with Gasteiger partial charge in [-0.2, -0.15) is 0 Å². The second-order valence-corrected chi connectivity index (χ2v) is 8.25. The number of unbranched alkanes of at least 4 members (excludes halogenated alkanes) is 1. The van der Waals surface area contributed by atoms with E-state index < -0.39 is 5.97 Å². The molecule has 1 unspecified atom stereocenters. The summed E-state index contributed by atoms with van der Waals surface area (Å²) in [5, 5.41) is 12.5. The molecule has 0 saturated carbocycles. The summed E-state index contributed by atoms with van der Waals surface area (Å²) in [6.45, 7) is 13.7. The smallest absolute Gasteiger partial charge is 0.303 e. The molecule has 0 saturated heterocycles. The van der Waals surface area contributed by atoms with E-state index in [1.54, 1.807) is 0 Å². The monoisotopic (exact) mass is 313 g/mol. The molecule has 0 aromatic carbocycles. The minimum absolute atomic E-state index is 0.000118. The molecule has 0 spiro atoms. The standard InChI is InChI=1S/C17H36BNO3/c1-7-8-10-15(2,3)19-16(4,5)12-13-22-17(6,18)11-9-14(20)21/h19H,7-13,18H2,1-6H3,(H,20,21). The second kappa shape index (κ2) is 8.92. The van der Waals surface area contributed by atoms with E-state index in [-0.39, 0.29) is 23.0 Å². The van der Waals surface area contributed by atoms with Gasteiger partial charge in [-0.15, -0.1) is 0 Å². The van der Waals surface area contributed by atoms with Crippen LogP contribution in [0.4, 0.5) is 0 Å². The van der Waals surface area contributed by atoms with Crippen LogP contribution in [0.1, 0.15) is 80.1 Å². The molecule has 0 amide bonds. The lowest BCUT2D eigenvalue weighted by Crippen LogP contribution is -2.52. The maximum atomic E-state index is 10.7. The lowest BCUT2D eigenvalue weighted by atomic mass is 9.79. The highest BCUT2D eigenvalue weighted by Crippen LogP contribution is 2.21. The van der Waals surface area contributed by atoms with E-state index in [4.69, 9.17) is 9.84 Å². The Balaban J connectivity index is 4.23. The summed E-state index contributed by atoms with van der Waals surface area (Å²) < 4.78 is 5.91. The average molecular weight is 313 g/mol. The molecule has 1 atom stereocenters. The molecule has 0 aliphatic rings. The highest BCUT2D eigenvalue weighted by atomic mass is 16.5. The lowest BCUT2D eigenvalue weighted by Gasteiger charge is -2.38. The third-order valence-corrected chi connectivity index (χ3v) is 3.99. The van der Waals surface area contributed by atoms with Crippen LogP contribution in [-0.2, 0) is 9.53 Å². The molecule has 2 N–H and O–H groups in total. The third-order valence-electron chi connectivity index (χ3n) is 3.99. The molecule has 0 aromatic heterocycles. The van der Waals surface area contributed by atoms with Crippen LogP contribution in [0.3, 0.4) is 0 Å². The van der Waals surface area contributed by atoms with Gasteiger partial charge in [0.2, 0.25) is 0 Å². The zero-order valence-corrected chi connectivity index (χ0v) is 15.7. The Kier molecular flexibility index (Phi) is 8.70. The Morgan fingerprint density at radius 3 is 2.14 bits per heavy atom. The Morgan fingerprint density at radius 1 is 1.09 bits per heavy atom. The molecular weight excluding hydrogens is 277 g/mol. The van der Waals surface area contributed by atoms with Gasteiger partial charge in [0, 0.05) is 29.6 Å². The quantitative estimate of drug-likeness (QED) is 0.544. The summed E-state index contributed by atoms with van der Waals surface area (Å²) in [5.74, 6) is -0.767. The number of hydrogen-bond donors (Lipinski definition) is 2. The first-order valence-corrected chi connectivity index (χ1v) is 8.54. The number of ether oxygens (including phenoxy) is 1. The largest absolute Gasteiger partial charge is 0.481 e. The summed E-state index contributed by atoms with van der Waals surface area (Å²) in [6, 6.07) is 0. The molecule has 0 bridgehead atoms. The minimum atomic E-state index is -0.767. The van der Waals surface area contributed by atoms with Gasteiger partial charge in [0.05, 0.1) is 0 Å². The van der Waals surface area contributed by atoms with Crippen molar-refractivity contribution >= 4 is 13.8 Å². The second-order valence-electron chi connectivity index (χ2n) is 8.25. The molecule has 0 radical (unpaired) electrons. The van der Waals surface area contributed by atoms with Gasteiger partial charge in [-0.3, -0.25) is 4.79 Å². The van der Waals surface area contributed by atoms with Crippen molar-refractivity contribution in [2.75, 3.05) is 6.61 Å². The first kappa shape index (κ1) is 21.5. The summed E-state index contributed by atoms with van der Waals surface area (Å²) in [4.78, 5) is 10.7. The van der Waals surface area contributed by atoms with E-state index in [1.165, 1.54) is 12.8 Å². The maximum Gasteiger partial charge on any atom is 0.303 e. The van der Waals surface area contributed by atoms with Crippen molar-refractivity contribution in [1.82, 2.24) is 5.32 Å². The molecule has 0 heterocycles. The van der Waals surface area contributed by atoms with Gasteiger partial charge >= 0.3 is 5.97 Å². The van der Waals surface area contributed by atoms with Crippen LogP contribution in [0, 0.1) is 0 Å². The van der Waals surface area contributed by atoms with Crippen LogP contribution >= 0.6 is 0 Å². The van der Waals surface area contributed by atoms with Crippen molar-refractivity contribution in [3.8, 4) is 0 Å². The van der Waals surface area contributed by atoms with Crippen LogP contribution in [0.5, 0.6) is 0 Å². The van der Waals surface area contributed by atoms with Crippen molar-refractivity contribution in [1.29, 1.82) is 0 Å². The zero-order valence-electron chi connectivity index (χ0n) is 15.7. The molecule has 0 aliphatic carbocycles. The number of carboxylic acid groups (broad SMARTS) is 1. The number of carboxylic acids is 1. The number of hydrogen-bond acceptors (Lipinski definition) is 3. The number of rotatable bonds is 12. The molecule has 5 heteroatoms. The van der Waals surface area contributed by atoms with E-state index in [0.717, 1.165) is 12.8 Å². The summed E-state index contributed by atoms with van der Waals surface area (Å²) in [6.07, 6.45) is 5.20. The van der Waals surface area contributed by atoms with Crippen molar-refractivity contribution < 1.29 is 14.6 Å². The average Bonchev–Trinajstić information content (AvgIpc) is 2.32. The fraction of sp³-hybridized carbons (Fsp3) is 0.941. The summed E-state index contributed by atoms with van der Waals surface area (Å²) >= 11 is 0. The van der Waals surface area contributed by atoms with Crippen LogP contribution < -0.4 is 5.32 Å². The first-order chi connectivity index (χ1) is 9.89. The summed E-state index contributed by atoms with van der Waals surface area (Å²) in [5.41, 5.74) is -0.259. The molecule has 130 valence electrons. The van der Waals surface area contributed by atoms with E-state index in [2.05, 4.69) is 39.9 Å². The fourth-order valence-corrected chi connectivity index (χ4v) is 2.72. The topological polar surface area (TPSA) is 58.6 Å². The fourth-order valence-electron chi connectivity index (χ4n) is 2.72. The van der Waals surface area contributed by atoms with Crippen molar-refractivity contribution in [3.63, 3.8) is 0 Å². The van der Waals surface area contributed by atoms with Crippen LogP contribution in [0.2, 0.25) is 0 Å². The number of aliphatic carboxylic acids is 1. The Hall–Kier alpha value is -0.545. The first-order valence-electron chi connectivity index (χ1n) is 8.54. The molecular formula is C17H36BNO3. The molecule has 0 aromatic rings. The number of nitrogens with one attached hydrogen (secondary N) is 1. The SMILES string of the molecule is BC(C)(CCC(=O)O)OCCC(C)(C)NC(C)(C)CCCC. The Labute approximate surface area is 137 Å². The van der Waals surface area contributed by atoms with Gasteiger partial charge in [-0.05, 0) is 53.9 Å². The van der Waals surface area contributed by atoms with Crippen LogP contribution in [0.25, 0.3) is 0 Å². The van der Waals surface area contributed by atoms with Gasteiger partial charge in [0.15, 0.2) is 0 Å². The van der Waals surface area contributed by atoms with Gasteiger partial charge in [0.1, 0.15) is 7.85 Å². The van der Waals surface area contributed by atoms with E-state index in [0.29, 0.717) is 13.0 Å². The molecule has 0 rings (SSSR count).